The number of hydrogen-bond donors (Lipinski definition) is 1. The molecule has 1 rings (SSSR count). The summed E-state index contributed by atoms with van der Waals surface area (Å²) in [6, 6.07) is 7.35. The predicted molar refractivity (Wildman–Crippen MR) is 78.6 cm³/mol. The molecule has 0 fully saturated rings. The van der Waals surface area contributed by atoms with Gasteiger partial charge in [0.15, 0.2) is 0 Å². The number of nitrogens with zero attached hydrogens (tertiary/aromatic N) is 1. The lowest BCUT2D eigenvalue weighted by molar-refractivity contribution is 0.468. The molecule has 1 N–H and O–H groups in total. The van der Waals surface area contributed by atoms with Crippen LogP contribution in [-0.2, 0) is 10.0 Å². The van der Waals surface area contributed by atoms with Crippen LogP contribution in [0.4, 0.5) is 0 Å². The molecule has 1 aromatic rings. The van der Waals surface area contributed by atoms with Gasteiger partial charge in [0.1, 0.15) is 0 Å². The molecular formula is C14H24N2O2S. The zero-order chi connectivity index (χ0) is 14.5. The maximum atomic E-state index is 12.2. The second kappa shape index (κ2) is 7.03. The number of sulfonamides is 1. The van der Waals surface area contributed by atoms with Crippen molar-refractivity contribution in [3.8, 4) is 0 Å². The summed E-state index contributed by atoms with van der Waals surface area (Å²) in [6.07, 6.45) is 0.811. The van der Waals surface area contributed by atoms with Gasteiger partial charge in [-0.15, -0.1) is 0 Å². The Morgan fingerprint density at radius 1 is 1.21 bits per heavy atom. The molecule has 0 radical (unpaired) electrons. The Balaban J connectivity index is 2.92. The third-order valence-electron chi connectivity index (χ3n) is 3.14. The molecule has 0 bridgehead atoms. The lowest BCUT2D eigenvalue weighted by atomic mass is 10.1. The first-order valence-electron chi connectivity index (χ1n) is 6.73. The van der Waals surface area contributed by atoms with Crippen molar-refractivity contribution in [3.63, 3.8) is 0 Å². The van der Waals surface area contributed by atoms with Gasteiger partial charge < -0.3 is 5.32 Å². The summed E-state index contributed by atoms with van der Waals surface area (Å²) >= 11 is 0. The van der Waals surface area contributed by atoms with E-state index in [4.69, 9.17) is 0 Å². The Hall–Kier alpha value is -0.910. The zero-order valence-corrected chi connectivity index (χ0v) is 13.0. The summed E-state index contributed by atoms with van der Waals surface area (Å²) in [5.41, 5.74) is 1.10. The molecule has 0 saturated carbocycles. The Morgan fingerprint density at radius 2 is 1.79 bits per heavy atom. The van der Waals surface area contributed by atoms with Gasteiger partial charge in [0.2, 0.25) is 10.0 Å². The lowest BCUT2D eigenvalue weighted by Gasteiger charge is -2.17. The third-order valence-corrected chi connectivity index (χ3v) is 5.01. The van der Waals surface area contributed by atoms with Crippen molar-refractivity contribution in [2.75, 3.05) is 20.1 Å². The molecule has 1 aromatic carbocycles. The summed E-state index contributed by atoms with van der Waals surface area (Å²) in [7, 11) is -1.72. The molecule has 0 aliphatic rings. The molecule has 0 aliphatic heterocycles. The predicted octanol–water partition coefficient (Wildman–Crippen LogP) is 2.39. The average Bonchev–Trinajstić information content (AvgIpc) is 2.39. The topological polar surface area (TPSA) is 49.4 Å². The third kappa shape index (κ3) is 4.03. The van der Waals surface area contributed by atoms with E-state index in [1.807, 2.05) is 19.1 Å². The van der Waals surface area contributed by atoms with E-state index in [2.05, 4.69) is 19.2 Å². The minimum atomic E-state index is -3.34. The fraction of sp³-hybridized carbons (Fsp3) is 0.571. The van der Waals surface area contributed by atoms with Crippen LogP contribution in [-0.4, -0.2) is 32.9 Å². The molecule has 1 atom stereocenters. The fourth-order valence-electron chi connectivity index (χ4n) is 1.97. The van der Waals surface area contributed by atoms with Crippen LogP contribution >= 0.6 is 0 Å². The number of nitrogens with one attached hydrogen (secondary N) is 1. The monoisotopic (exact) mass is 284 g/mol. The molecule has 0 aromatic heterocycles. The van der Waals surface area contributed by atoms with Crippen LogP contribution in [0.1, 0.15) is 38.8 Å². The molecule has 0 aliphatic carbocycles. The van der Waals surface area contributed by atoms with Crippen molar-refractivity contribution in [1.29, 1.82) is 0 Å². The van der Waals surface area contributed by atoms with Gasteiger partial charge in [-0.2, -0.15) is 0 Å². The van der Waals surface area contributed by atoms with Gasteiger partial charge in [0.25, 0.3) is 0 Å². The van der Waals surface area contributed by atoms with E-state index in [1.54, 1.807) is 19.2 Å². The molecule has 19 heavy (non-hydrogen) atoms. The van der Waals surface area contributed by atoms with Crippen LogP contribution < -0.4 is 5.32 Å². The highest BCUT2D eigenvalue weighted by Gasteiger charge is 2.19. The summed E-state index contributed by atoms with van der Waals surface area (Å²) in [4.78, 5) is 0.357. The van der Waals surface area contributed by atoms with E-state index < -0.39 is 10.0 Å². The van der Waals surface area contributed by atoms with E-state index in [1.165, 1.54) is 4.31 Å². The first kappa shape index (κ1) is 16.1. The van der Waals surface area contributed by atoms with E-state index in [0.29, 0.717) is 11.4 Å². The van der Waals surface area contributed by atoms with Gasteiger partial charge >= 0.3 is 0 Å². The van der Waals surface area contributed by atoms with Gasteiger partial charge in [-0.05, 0) is 37.6 Å². The van der Waals surface area contributed by atoms with Crippen molar-refractivity contribution in [2.24, 2.45) is 0 Å². The molecule has 4 nitrogen and oxygen atoms in total. The first-order valence-corrected chi connectivity index (χ1v) is 8.17. The van der Waals surface area contributed by atoms with Crippen LogP contribution in [0, 0.1) is 0 Å². The van der Waals surface area contributed by atoms with Gasteiger partial charge in [-0.1, -0.05) is 26.0 Å². The van der Waals surface area contributed by atoms with Crippen molar-refractivity contribution < 1.29 is 8.42 Å². The number of hydrogen-bond acceptors (Lipinski definition) is 3. The molecule has 1 unspecified atom stereocenters. The normalized spacial score (nSPS) is 13.7. The molecule has 0 amide bonds. The highest BCUT2D eigenvalue weighted by atomic mass is 32.2. The second-order valence-corrected chi connectivity index (χ2v) is 6.72. The molecule has 0 spiro atoms. The van der Waals surface area contributed by atoms with Crippen LogP contribution in [0.2, 0.25) is 0 Å². The summed E-state index contributed by atoms with van der Waals surface area (Å²) in [6.45, 7) is 7.51. The average molecular weight is 284 g/mol. The van der Waals surface area contributed by atoms with E-state index in [0.717, 1.165) is 18.5 Å². The van der Waals surface area contributed by atoms with Crippen molar-refractivity contribution in [3.05, 3.63) is 29.8 Å². The van der Waals surface area contributed by atoms with Crippen LogP contribution in [0.15, 0.2) is 29.2 Å². The molecule has 0 heterocycles. The molecule has 0 saturated heterocycles. The van der Waals surface area contributed by atoms with Crippen LogP contribution in [0.3, 0.4) is 0 Å². The number of rotatable bonds is 7. The van der Waals surface area contributed by atoms with E-state index >= 15 is 0 Å². The quantitative estimate of drug-likeness (QED) is 0.836. The Bertz CT molecular complexity index is 483. The van der Waals surface area contributed by atoms with Gasteiger partial charge in [-0.3, -0.25) is 0 Å². The minimum Gasteiger partial charge on any atom is -0.310 e. The minimum absolute atomic E-state index is 0.232. The summed E-state index contributed by atoms with van der Waals surface area (Å²) < 4.78 is 25.9. The largest absolute Gasteiger partial charge is 0.310 e. The smallest absolute Gasteiger partial charge is 0.242 e. The highest BCUT2D eigenvalue weighted by molar-refractivity contribution is 7.89. The molecular weight excluding hydrogens is 260 g/mol. The van der Waals surface area contributed by atoms with Gasteiger partial charge in [0, 0.05) is 19.6 Å². The van der Waals surface area contributed by atoms with Crippen LogP contribution in [0.5, 0.6) is 0 Å². The van der Waals surface area contributed by atoms with Crippen molar-refractivity contribution >= 4 is 10.0 Å². The molecule has 108 valence electrons. The SMILES string of the molecule is CCCN(C)S(=O)(=O)c1ccc(C(C)NCC)cc1. The Morgan fingerprint density at radius 3 is 2.26 bits per heavy atom. The Labute approximate surface area is 116 Å². The molecule has 5 heteroatoms. The van der Waals surface area contributed by atoms with Crippen molar-refractivity contribution in [2.45, 2.75) is 38.1 Å². The van der Waals surface area contributed by atoms with E-state index in [9.17, 15) is 8.42 Å². The maximum absolute atomic E-state index is 12.2. The van der Waals surface area contributed by atoms with E-state index in [-0.39, 0.29) is 6.04 Å². The Kier molecular flexibility index (Phi) is 5.97. The zero-order valence-electron chi connectivity index (χ0n) is 12.2. The first-order chi connectivity index (χ1) is 8.93. The van der Waals surface area contributed by atoms with Crippen LogP contribution in [0.25, 0.3) is 0 Å². The number of benzene rings is 1. The summed E-state index contributed by atoms with van der Waals surface area (Å²) in [5.74, 6) is 0. The maximum Gasteiger partial charge on any atom is 0.242 e. The van der Waals surface area contributed by atoms with Gasteiger partial charge in [0.05, 0.1) is 4.90 Å². The summed E-state index contributed by atoms with van der Waals surface area (Å²) in [5, 5.41) is 3.30. The second-order valence-electron chi connectivity index (χ2n) is 4.67. The van der Waals surface area contributed by atoms with Crippen molar-refractivity contribution in [1.82, 2.24) is 9.62 Å². The fourth-order valence-corrected chi connectivity index (χ4v) is 3.23. The standard InChI is InChI=1S/C14H24N2O2S/c1-5-11-16(4)19(17,18)14-9-7-13(8-10-14)12(3)15-6-2/h7-10,12,15H,5-6,11H2,1-4H3. The lowest BCUT2D eigenvalue weighted by Crippen LogP contribution is -2.27. The van der Waals surface area contributed by atoms with Gasteiger partial charge in [-0.25, -0.2) is 12.7 Å². The highest BCUT2D eigenvalue weighted by Crippen LogP contribution is 2.18.